The summed E-state index contributed by atoms with van der Waals surface area (Å²) in [6.07, 6.45) is 18.2. The predicted octanol–water partition coefficient (Wildman–Crippen LogP) is 7.42. The number of benzene rings is 1. The first-order chi connectivity index (χ1) is 13.2. The highest BCUT2D eigenvalue weighted by Gasteiger charge is 2.03. The summed E-state index contributed by atoms with van der Waals surface area (Å²) in [4.78, 5) is 9.18. The van der Waals surface area contributed by atoms with E-state index in [1.807, 2.05) is 12.4 Å². The zero-order valence-electron chi connectivity index (χ0n) is 17.7. The molecule has 0 aliphatic rings. The third kappa shape index (κ3) is 8.69. The molecule has 0 bridgehead atoms. The minimum absolute atomic E-state index is 0.820. The minimum atomic E-state index is 0.820. The average Bonchev–Trinajstić information content (AvgIpc) is 2.68. The Bertz CT molecular complexity index is 614. The molecule has 0 saturated heterocycles. The molecule has 2 rings (SSSR count). The lowest BCUT2D eigenvalue weighted by Gasteiger charge is -2.06. The van der Waals surface area contributed by atoms with Crippen molar-refractivity contribution >= 4 is 0 Å². The molecule has 0 radical (unpaired) electrons. The van der Waals surface area contributed by atoms with Crippen LogP contribution in [0.4, 0.5) is 0 Å². The van der Waals surface area contributed by atoms with Crippen LogP contribution in [0.1, 0.15) is 89.7 Å². The standard InChI is InChI=1S/C25H38N2/c1-4-5-6-7-10-13-22-15-17-24(18-16-22)25-26-19-23(20-27-25)14-11-8-9-12-21(2)3/h15-21H,4-14H2,1-3H3. The third-order valence-electron chi connectivity index (χ3n) is 5.23. The Balaban J connectivity index is 1.75. The van der Waals surface area contributed by atoms with Crippen LogP contribution >= 0.6 is 0 Å². The molecule has 0 spiro atoms. The number of aryl methyl sites for hydroxylation is 2. The average molecular weight is 367 g/mol. The lowest BCUT2D eigenvalue weighted by atomic mass is 10.0. The SMILES string of the molecule is CCCCCCCc1ccc(-c2ncc(CCCCCC(C)C)cn2)cc1. The summed E-state index contributed by atoms with van der Waals surface area (Å²) in [7, 11) is 0. The van der Waals surface area contributed by atoms with E-state index >= 15 is 0 Å². The molecular formula is C25H38N2. The first-order valence-corrected chi connectivity index (χ1v) is 11.1. The van der Waals surface area contributed by atoms with Gasteiger partial charge in [0.15, 0.2) is 5.82 Å². The van der Waals surface area contributed by atoms with Gasteiger partial charge in [0, 0.05) is 18.0 Å². The van der Waals surface area contributed by atoms with E-state index in [9.17, 15) is 0 Å². The van der Waals surface area contributed by atoms with Gasteiger partial charge in [-0.25, -0.2) is 9.97 Å². The molecule has 0 fully saturated rings. The molecule has 0 aliphatic heterocycles. The maximum Gasteiger partial charge on any atom is 0.159 e. The molecule has 0 amide bonds. The highest BCUT2D eigenvalue weighted by atomic mass is 14.9. The van der Waals surface area contributed by atoms with Crippen LogP contribution in [0.5, 0.6) is 0 Å². The molecule has 2 heteroatoms. The van der Waals surface area contributed by atoms with E-state index in [-0.39, 0.29) is 0 Å². The molecule has 0 N–H and O–H groups in total. The fourth-order valence-electron chi connectivity index (χ4n) is 3.44. The highest BCUT2D eigenvalue weighted by Crippen LogP contribution is 2.18. The van der Waals surface area contributed by atoms with Gasteiger partial charge in [-0.05, 0) is 42.7 Å². The highest BCUT2D eigenvalue weighted by molar-refractivity contribution is 5.55. The Kier molecular flexibility index (Phi) is 10.1. The Morgan fingerprint density at radius 3 is 1.93 bits per heavy atom. The zero-order chi connectivity index (χ0) is 19.3. The molecule has 2 aromatic rings. The van der Waals surface area contributed by atoms with Crippen LogP contribution in [0.3, 0.4) is 0 Å². The number of aromatic nitrogens is 2. The van der Waals surface area contributed by atoms with E-state index in [0.29, 0.717) is 0 Å². The lowest BCUT2D eigenvalue weighted by Crippen LogP contribution is -1.94. The molecule has 1 heterocycles. The molecular weight excluding hydrogens is 328 g/mol. The van der Waals surface area contributed by atoms with Crippen molar-refractivity contribution in [3.63, 3.8) is 0 Å². The summed E-state index contributed by atoms with van der Waals surface area (Å²) in [6, 6.07) is 8.81. The summed E-state index contributed by atoms with van der Waals surface area (Å²) < 4.78 is 0. The molecule has 0 aliphatic carbocycles. The van der Waals surface area contributed by atoms with Crippen molar-refractivity contribution in [2.45, 2.75) is 91.4 Å². The second-order valence-corrected chi connectivity index (χ2v) is 8.27. The maximum absolute atomic E-state index is 4.59. The van der Waals surface area contributed by atoms with Gasteiger partial charge in [0.1, 0.15) is 0 Å². The van der Waals surface area contributed by atoms with Gasteiger partial charge in [0.05, 0.1) is 0 Å². The van der Waals surface area contributed by atoms with Gasteiger partial charge in [0.2, 0.25) is 0 Å². The van der Waals surface area contributed by atoms with Crippen molar-refractivity contribution in [2.75, 3.05) is 0 Å². The second kappa shape index (κ2) is 12.6. The van der Waals surface area contributed by atoms with Crippen LogP contribution < -0.4 is 0 Å². The van der Waals surface area contributed by atoms with E-state index in [2.05, 4.69) is 55.0 Å². The van der Waals surface area contributed by atoms with Crippen molar-refractivity contribution in [2.24, 2.45) is 5.92 Å². The summed E-state index contributed by atoms with van der Waals surface area (Å²) in [5.74, 6) is 1.66. The van der Waals surface area contributed by atoms with Crippen LogP contribution in [0.25, 0.3) is 11.4 Å². The number of rotatable bonds is 13. The molecule has 0 unspecified atom stereocenters. The van der Waals surface area contributed by atoms with E-state index in [4.69, 9.17) is 0 Å². The van der Waals surface area contributed by atoms with Crippen LogP contribution in [-0.4, -0.2) is 9.97 Å². The van der Waals surface area contributed by atoms with Crippen molar-refractivity contribution in [1.82, 2.24) is 9.97 Å². The number of hydrogen-bond donors (Lipinski definition) is 0. The maximum atomic E-state index is 4.59. The van der Waals surface area contributed by atoms with Crippen molar-refractivity contribution in [1.29, 1.82) is 0 Å². The smallest absolute Gasteiger partial charge is 0.159 e. The van der Waals surface area contributed by atoms with Crippen LogP contribution in [0, 0.1) is 5.92 Å². The topological polar surface area (TPSA) is 25.8 Å². The first-order valence-electron chi connectivity index (χ1n) is 11.1. The van der Waals surface area contributed by atoms with E-state index in [1.165, 1.54) is 75.3 Å². The van der Waals surface area contributed by atoms with Gasteiger partial charge >= 0.3 is 0 Å². The molecule has 1 aromatic heterocycles. The van der Waals surface area contributed by atoms with Crippen molar-refractivity contribution < 1.29 is 0 Å². The quantitative estimate of drug-likeness (QED) is 0.345. The Morgan fingerprint density at radius 1 is 0.704 bits per heavy atom. The first kappa shape index (κ1) is 21.6. The fourth-order valence-corrected chi connectivity index (χ4v) is 3.44. The van der Waals surface area contributed by atoms with Crippen molar-refractivity contribution in [3.8, 4) is 11.4 Å². The van der Waals surface area contributed by atoms with Gasteiger partial charge < -0.3 is 0 Å². The summed E-state index contributed by atoms with van der Waals surface area (Å²) >= 11 is 0. The van der Waals surface area contributed by atoms with Gasteiger partial charge in [-0.3, -0.25) is 0 Å². The molecule has 2 nitrogen and oxygen atoms in total. The van der Waals surface area contributed by atoms with Crippen LogP contribution in [0.15, 0.2) is 36.7 Å². The third-order valence-corrected chi connectivity index (χ3v) is 5.23. The number of nitrogens with zero attached hydrogens (tertiary/aromatic N) is 2. The van der Waals surface area contributed by atoms with Gasteiger partial charge in [-0.15, -0.1) is 0 Å². The molecule has 27 heavy (non-hydrogen) atoms. The van der Waals surface area contributed by atoms with Crippen molar-refractivity contribution in [3.05, 3.63) is 47.8 Å². The summed E-state index contributed by atoms with van der Waals surface area (Å²) in [6.45, 7) is 6.86. The summed E-state index contributed by atoms with van der Waals surface area (Å²) in [5.41, 5.74) is 3.80. The number of unbranched alkanes of at least 4 members (excludes halogenated alkanes) is 6. The molecule has 0 atom stereocenters. The van der Waals surface area contributed by atoms with E-state index < -0.39 is 0 Å². The van der Waals surface area contributed by atoms with E-state index in [1.54, 1.807) is 0 Å². The predicted molar refractivity (Wildman–Crippen MR) is 117 cm³/mol. The Labute approximate surface area is 166 Å². The largest absolute Gasteiger partial charge is 0.236 e. The van der Waals surface area contributed by atoms with Gasteiger partial charge in [-0.2, -0.15) is 0 Å². The monoisotopic (exact) mass is 366 g/mol. The fraction of sp³-hybridized carbons (Fsp3) is 0.600. The lowest BCUT2D eigenvalue weighted by molar-refractivity contribution is 0.527. The minimum Gasteiger partial charge on any atom is -0.236 e. The van der Waals surface area contributed by atoms with Gasteiger partial charge in [0.25, 0.3) is 0 Å². The molecule has 148 valence electrons. The normalized spacial score (nSPS) is 11.3. The second-order valence-electron chi connectivity index (χ2n) is 8.27. The number of hydrogen-bond acceptors (Lipinski definition) is 2. The molecule has 1 aromatic carbocycles. The van der Waals surface area contributed by atoms with Crippen LogP contribution in [-0.2, 0) is 12.8 Å². The van der Waals surface area contributed by atoms with Gasteiger partial charge in [-0.1, -0.05) is 90.0 Å². The Hall–Kier alpha value is -1.70. The molecule has 0 saturated carbocycles. The Morgan fingerprint density at radius 2 is 1.30 bits per heavy atom. The zero-order valence-corrected chi connectivity index (χ0v) is 17.7. The van der Waals surface area contributed by atoms with Crippen LogP contribution in [0.2, 0.25) is 0 Å². The summed E-state index contributed by atoms with van der Waals surface area (Å²) in [5, 5.41) is 0. The van der Waals surface area contributed by atoms with E-state index in [0.717, 1.165) is 23.7 Å².